The highest BCUT2D eigenvalue weighted by atomic mass is 16.6. The monoisotopic (exact) mass is 375 g/mol. The van der Waals surface area contributed by atoms with E-state index < -0.39 is 29.4 Å². The van der Waals surface area contributed by atoms with Crippen LogP contribution >= 0.6 is 0 Å². The third-order valence-corrected chi connectivity index (χ3v) is 3.21. The Morgan fingerprint density at radius 1 is 1.07 bits per heavy atom. The first-order valence-electron chi connectivity index (χ1n) is 8.86. The third kappa shape index (κ3) is 9.50. The van der Waals surface area contributed by atoms with Crippen LogP contribution in [0, 0.1) is 11.3 Å². The van der Waals surface area contributed by atoms with Crippen molar-refractivity contribution < 1.29 is 19.1 Å². The zero-order chi connectivity index (χ0) is 20.7. The molecule has 2 N–H and O–H groups in total. The van der Waals surface area contributed by atoms with E-state index in [2.05, 4.69) is 16.7 Å². The number of alkyl carbamates (subject to hydrolysis) is 2. The van der Waals surface area contributed by atoms with E-state index in [9.17, 15) is 9.59 Å². The molecule has 1 rings (SSSR count). The summed E-state index contributed by atoms with van der Waals surface area (Å²) in [5.74, 6) is 0. The van der Waals surface area contributed by atoms with E-state index in [1.54, 1.807) is 59.7 Å². The predicted molar refractivity (Wildman–Crippen MR) is 102 cm³/mol. The van der Waals surface area contributed by atoms with Crippen molar-refractivity contribution in [3.63, 3.8) is 0 Å². The molecule has 1 aromatic rings. The van der Waals surface area contributed by atoms with Gasteiger partial charge in [-0.3, -0.25) is 0 Å². The lowest BCUT2D eigenvalue weighted by Crippen LogP contribution is -2.37. The Morgan fingerprint density at radius 2 is 1.67 bits per heavy atom. The van der Waals surface area contributed by atoms with Gasteiger partial charge in [-0.05, 0) is 65.7 Å². The second kappa shape index (κ2) is 9.26. The molecule has 0 aliphatic heterocycles. The molecule has 0 saturated heterocycles. The molecule has 0 spiro atoms. The second-order valence-corrected chi connectivity index (χ2v) is 8.15. The molecule has 0 aromatic heterocycles. The highest BCUT2D eigenvalue weighted by Crippen LogP contribution is 2.19. The molecular weight excluding hydrogens is 346 g/mol. The van der Waals surface area contributed by atoms with Crippen molar-refractivity contribution in [3.8, 4) is 6.07 Å². The number of nitrogens with one attached hydrogen (secondary N) is 2. The summed E-state index contributed by atoms with van der Waals surface area (Å²) < 4.78 is 10.5. The quantitative estimate of drug-likeness (QED) is 0.809. The molecule has 0 aliphatic carbocycles. The Hall–Kier alpha value is -2.75. The van der Waals surface area contributed by atoms with Crippen LogP contribution in [0.4, 0.5) is 9.59 Å². The molecule has 7 nitrogen and oxygen atoms in total. The van der Waals surface area contributed by atoms with Crippen molar-refractivity contribution in [1.29, 1.82) is 5.26 Å². The first-order valence-corrected chi connectivity index (χ1v) is 8.86. The first-order chi connectivity index (χ1) is 12.4. The van der Waals surface area contributed by atoms with Crippen LogP contribution in [0.5, 0.6) is 0 Å². The van der Waals surface area contributed by atoms with Crippen molar-refractivity contribution in [3.05, 3.63) is 35.4 Å². The Bertz CT molecular complexity index is 696. The summed E-state index contributed by atoms with van der Waals surface area (Å²) in [4.78, 5) is 24.0. The van der Waals surface area contributed by atoms with Crippen molar-refractivity contribution in [2.24, 2.45) is 0 Å². The first kappa shape index (κ1) is 22.3. The molecule has 2 amide bonds. The highest BCUT2D eigenvalue weighted by molar-refractivity contribution is 5.69. The summed E-state index contributed by atoms with van der Waals surface area (Å²) in [7, 11) is 0. The Morgan fingerprint density at radius 3 is 2.22 bits per heavy atom. The van der Waals surface area contributed by atoms with Gasteiger partial charge in [0.05, 0.1) is 17.7 Å². The molecule has 0 heterocycles. The summed E-state index contributed by atoms with van der Waals surface area (Å²) in [5, 5.41) is 14.6. The zero-order valence-electron chi connectivity index (χ0n) is 16.9. The molecule has 0 aliphatic rings. The number of nitrogens with zero attached hydrogens (tertiary/aromatic N) is 1. The van der Waals surface area contributed by atoms with E-state index in [-0.39, 0.29) is 6.54 Å². The number of ether oxygens (including phenoxy) is 2. The maximum Gasteiger partial charge on any atom is 0.408 e. The number of hydrogen-bond donors (Lipinski definition) is 2. The number of carbonyl (C=O) groups excluding carboxylic acids is 2. The molecule has 148 valence electrons. The van der Waals surface area contributed by atoms with Gasteiger partial charge in [0.25, 0.3) is 0 Å². The minimum absolute atomic E-state index is 0.284. The van der Waals surface area contributed by atoms with Gasteiger partial charge in [0.2, 0.25) is 0 Å². The van der Waals surface area contributed by atoms with E-state index >= 15 is 0 Å². The fourth-order valence-electron chi connectivity index (χ4n) is 2.23. The van der Waals surface area contributed by atoms with Gasteiger partial charge in [0, 0.05) is 6.54 Å². The molecule has 0 saturated carbocycles. The van der Waals surface area contributed by atoms with E-state index in [0.717, 1.165) is 5.56 Å². The smallest absolute Gasteiger partial charge is 0.408 e. The Balaban J connectivity index is 2.80. The van der Waals surface area contributed by atoms with Crippen LogP contribution in [0.25, 0.3) is 0 Å². The lowest BCUT2D eigenvalue weighted by atomic mass is 10.0. The van der Waals surface area contributed by atoms with Crippen LogP contribution in [0.2, 0.25) is 0 Å². The number of benzene rings is 1. The highest BCUT2D eigenvalue weighted by Gasteiger charge is 2.21. The number of rotatable bonds is 5. The van der Waals surface area contributed by atoms with Gasteiger partial charge in [-0.15, -0.1) is 0 Å². The second-order valence-electron chi connectivity index (χ2n) is 8.15. The largest absolute Gasteiger partial charge is 0.444 e. The van der Waals surface area contributed by atoms with Crippen LogP contribution in [-0.4, -0.2) is 29.9 Å². The van der Waals surface area contributed by atoms with E-state index in [1.807, 2.05) is 6.07 Å². The fourth-order valence-corrected chi connectivity index (χ4v) is 2.23. The predicted octanol–water partition coefficient (Wildman–Crippen LogP) is 4.04. The average Bonchev–Trinajstić information content (AvgIpc) is 2.50. The molecule has 0 radical (unpaired) electrons. The van der Waals surface area contributed by atoms with E-state index in [0.29, 0.717) is 12.0 Å². The molecule has 27 heavy (non-hydrogen) atoms. The normalized spacial score (nSPS) is 12.5. The lowest BCUT2D eigenvalue weighted by molar-refractivity contribution is 0.0499. The zero-order valence-corrected chi connectivity index (χ0v) is 16.9. The van der Waals surface area contributed by atoms with Crippen molar-refractivity contribution in [2.45, 2.75) is 65.2 Å². The molecule has 7 heteroatoms. The van der Waals surface area contributed by atoms with Crippen LogP contribution in [-0.2, 0) is 9.47 Å². The Kier molecular flexibility index (Phi) is 7.65. The molecule has 0 bridgehead atoms. The van der Waals surface area contributed by atoms with Crippen molar-refractivity contribution in [1.82, 2.24) is 10.6 Å². The molecule has 0 fully saturated rings. The lowest BCUT2D eigenvalue weighted by Gasteiger charge is -2.24. The van der Waals surface area contributed by atoms with Gasteiger partial charge in [0.1, 0.15) is 11.2 Å². The summed E-state index contributed by atoms with van der Waals surface area (Å²) >= 11 is 0. The number of hydrogen-bond acceptors (Lipinski definition) is 5. The summed E-state index contributed by atoms with van der Waals surface area (Å²) in [6, 6.07) is 8.61. The van der Waals surface area contributed by atoms with Gasteiger partial charge >= 0.3 is 12.2 Å². The molecule has 1 unspecified atom stereocenters. The topological polar surface area (TPSA) is 100 Å². The molecular formula is C20H29N3O4. The van der Waals surface area contributed by atoms with Gasteiger partial charge in [-0.2, -0.15) is 5.26 Å². The SMILES string of the molecule is CC(C)(C)OC(=O)NCCC(NC(=O)OC(C)(C)C)c1cccc(C#N)c1. The van der Waals surface area contributed by atoms with E-state index in [1.165, 1.54) is 0 Å². The van der Waals surface area contributed by atoms with Gasteiger partial charge < -0.3 is 20.1 Å². The summed E-state index contributed by atoms with van der Waals surface area (Å²) in [6.07, 6.45) is -0.677. The standard InChI is InChI=1S/C20H29N3O4/c1-19(2,3)26-17(24)22-11-10-16(23-18(25)27-20(4,5)6)15-9-7-8-14(12-15)13-21/h7-9,12,16H,10-11H2,1-6H3,(H,22,24)(H,23,25). The number of nitriles is 1. The van der Waals surface area contributed by atoms with Gasteiger partial charge in [0.15, 0.2) is 0 Å². The maximum absolute atomic E-state index is 12.2. The van der Waals surface area contributed by atoms with Crippen LogP contribution in [0.15, 0.2) is 24.3 Å². The number of carbonyl (C=O) groups is 2. The van der Waals surface area contributed by atoms with Crippen LogP contribution < -0.4 is 10.6 Å². The maximum atomic E-state index is 12.2. The minimum Gasteiger partial charge on any atom is -0.444 e. The summed E-state index contributed by atoms with van der Waals surface area (Å²) in [6.45, 7) is 11.0. The van der Waals surface area contributed by atoms with Gasteiger partial charge in [-0.25, -0.2) is 9.59 Å². The molecule has 1 aromatic carbocycles. The third-order valence-electron chi connectivity index (χ3n) is 3.21. The molecule has 1 atom stereocenters. The minimum atomic E-state index is -0.627. The Labute approximate surface area is 161 Å². The van der Waals surface area contributed by atoms with Crippen molar-refractivity contribution in [2.75, 3.05) is 6.54 Å². The average molecular weight is 375 g/mol. The van der Waals surface area contributed by atoms with Gasteiger partial charge in [-0.1, -0.05) is 12.1 Å². The van der Waals surface area contributed by atoms with Crippen LogP contribution in [0.1, 0.15) is 65.1 Å². The number of amides is 2. The van der Waals surface area contributed by atoms with E-state index in [4.69, 9.17) is 14.7 Å². The summed E-state index contributed by atoms with van der Waals surface area (Å²) in [5.41, 5.74) is 0.0339. The van der Waals surface area contributed by atoms with Crippen molar-refractivity contribution >= 4 is 12.2 Å². The fraction of sp³-hybridized carbons (Fsp3) is 0.550. The van der Waals surface area contributed by atoms with Crippen LogP contribution in [0.3, 0.4) is 0 Å².